The highest BCUT2D eigenvalue weighted by Gasteiger charge is 2.11. The van der Waals surface area contributed by atoms with Crippen molar-refractivity contribution in [1.29, 1.82) is 0 Å². The van der Waals surface area contributed by atoms with E-state index in [4.69, 9.17) is 9.47 Å². The van der Waals surface area contributed by atoms with Crippen molar-refractivity contribution in [3.8, 4) is 17.2 Å². The first-order valence-electron chi connectivity index (χ1n) is 6.48. The molecule has 1 atom stereocenters. The predicted molar refractivity (Wildman–Crippen MR) is 82.5 cm³/mol. The van der Waals surface area contributed by atoms with Crippen molar-refractivity contribution in [3.63, 3.8) is 0 Å². The molecule has 1 N–H and O–H groups in total. The maximum atomic E-state index is 9.79. The highest BCUT2D eigenvalue weighted by molar-refractivity contribution is 9.10. The van der Waals surface area contributed by atoms with E-state index in [9.17, 15) is 5.11 Å². The molecule has 0 aliphatic carbocycles. The molecule has 106 valence electrons. The van der Waals surface area contributed by atoms with Crippen molar-refractivity contribution in [3.05, 3.63) is 52.5 Å². The summed E-state index contributed by atoms with van der Waals surface area (Å²) in [5.41, 5.74) is 0.745. The zero-order valence-corrected chi connectivity index (χ0v) is 13.1. The van der Waals surface area contributed by atoms with Gasteiger partial charge in [-0.1, -0.05) is 28.1 Å². The Kier molecular flexibility index (Phi) is 5.04. The Hall–Kier alpha value is -1.52. The Balaban J connectivity index is 2.29. The topological polar surface area (TPSA) is 38.7 Å². The number of benzene rings is 2. The van der Waals surface area contributed by atoms with Crippen LogP contribution >= 0.6 is 15.9 Å². The van der Waals surface area contributed by atoms with E-state index in [2.05, 4.69) is 15.9 Å². The van der Waals surface area contributed by atoms with Crippen molar-refractivity contribution in [2.45, 2.75) is 20.0 Å². The second-order valence-corrected chi connectivity index (χ2v) is 5.28. The molecule has 3 nitrogen and oxygen atoms in total. The van der Waals surface area contributed by atoms with Gasteiger partial charge in [-0.25, -0.2) is 0 Å². The normalized spacial score (nSPS) is 12.0. The number of hydrogen-bond acceptors (Lipinski definition) is 3. The van der Waals surface area contributed by atoms with Gasteiger partial charge in [0.25, 0.3) is 0 Å². The van der Waals surface area contributed by atoms with Crippen LogP contribution in [0.15, 0.2) is 46.9 Å². The molecule has 0 spiro atoms. The zero-order chi connectivity index (χ0) is 14.5. The van der Waals surface area contributed by atoms with Gasteiger partial charge in [-0.05, 0) is 38.1 Å². The van der Waals surface area contributed by atoms with Gasteiger partial charge in [0.15, 0.2) is 0 Å². The van der Waals surface area contributed by atoms with E-state index < -0.39 is 6.10 Å². The summed E-state index contributed by atoms with van der Waals surface area (Å²) in [6.45, 7) is 4.26. The Morgan fingerprint density at radius 1 is 1.15 bits per heavy atom. The number of aliphatic hydroxyl groups is 1. The number of rotatable bonds is 5. The monoisotopic (exact) mass is 336 g/mol. The van der Waals surface area contributed by atoms with Gasteiger partial charge < -0.3 is 14.6 Å². The zero-order valence-electron chi connectivity index (χ0n) is 11.5. The van der Waals surface area contributed by atoms with Crippen LogP contribution < -0.4 is 9.47 Å². The van der Waals surface area contributed by atoms with Crippen LogP contribution in [0.3, 0.4) is 0 Å². The summed E-state index contributed by atoms with van der Waals surface area (Å²) < 4.78 is 12.2. The molecule has 0 bridgehead atoms. The number of halogens is 1. The Labute approximate surface area is 127 Å². The van der Waals surface area contributed by atoms with Gasteiger partial charge in [-0.2, -0.15) is 0 Å². The van der Waals surface area contributed by atoms with Gasteiger partial charge in [0, 0.05) is 16.1 Å². The number of aliphatic hydroxyl groups excluding tert-OH is 1. The molecule has 0 fully saturated rings. The summed E-state index contributed by atoms with van der Waals surface area (Å²) in [7, 11) is 0. The maximum Gasteiger partial charge on any atom is 0.134 e. The molecule has 0 amide bonds. The van der Waals surface area contributed by atoms with Crippen LogP contribution in [0, 0.1) is 0 Å². The molecule has 4 heteroatoms. The highest BCUT2D eigenvalue weighted by Crippen LogP contribution is 2.33. The van der Waals surface area contributed by atoms with E-state index in [1.807, 2.05) is 49.4 Å². The first kappa shape index (κ1) is 14.9. The van der Waals surface area contributed by atoms with Gasteiger partial charge in [0.1, 0.15) is 17.2 Å². The molecule has 0 aromatic heterocycles. The lowest BCUT2D eigenvalue weighted by Gasteiger charge is -2.14. The largest absolute Gasteiger partial charge is 0.494 e. The van der Waals surface area contributed by atoms with Crippen LogP contribution in [0.2, 0.25) is 0 Å². The van der Waals surface area contributed by atoms with E-state index in [0.717, 1.165) is 15.8 Å². The molecule has 0 heterocycles. The van der Waals surface area contributed by atoms with Gasteiger partial charge in [-0.3, -0.25) is 0 Å². The molecular formula is C16H17BrO3. The molecule has 0 saturated carbocycles. The van der Waals surface area contributed by atoms with E-state index in [0.29, 0.717) is 18.1 Å². The standard InChI is InChI=1S/C16H17BrO3/c1-3-19-13-5-4-6-14(10-13)20-16-9-12(17)7-8-15(16)11(2)18/h4-11,18H,3H2,1-2H3. The molecule has 2 aromatic rings. The van der Waals surface area contributed by atoms with E-state index in [1.165, 1.54) is 0 Å². The van der Waals surface area contributed by atoms with Crippen molar-refractivity contribution in [2.24, 2.45) is 0 Å². The lowest BCUT2D eigenvalue weighted by atomic mass is 10.1. The fourth-order valence-corrected chi connectivity index (χ4v) is 2.20. The molecule has 2 rings (SSSR count). The summed E-state index contributed by atoms with van der Waals surface area (Å²) in [4.78, 5) is 0. The second kappa shape index (κ2) is 6.77. The van der Waals surface area contributed by atoms with Crippen LogP contribution in [0.5, 0.6) is 17.2 Å². The Morgan fingerprint density at radius 2 is 1.90 bits per heavy atom. The molecule has 0 saturated heterocycles. The van der Waals surface area contributed by atoms with E-state index in [1.54, 1.807) is 6.92 Å². The Morgan fingerprint density at radius 3 is 2.60 bits per heavy atom. The van der Waals surface area contributed by atoms with Gasteiger partial charge in [-0.15, -0.1) is 0 Å². The molecule has 0 aliphatic heterocycles. The molecule has 2 aromatic carbocycles. The molecule has 20 heavy (non-hydrogen) atoms. The summed E-state index contributed by atoms with van der Waals surface area (Å²) in [5, 5.41) is 9.79. The fourth-order valence-electron chi connectivity index (χ4n) is 1.86. The van der Waals surface area contributed by atoms with E-state index >= 15 is 0 Å². The molecule has 1 unspecified atom stereocenters. The second-order valence-electron chi connectivity index (χ2n) is 4.37. The van der Waals surface area contributed by atoms with Gasteiger partial charge >= 0.3 is 0 Å². The van der Waals surface area contributed by atoms with Crippen LogP contribution in [0.25, 0.3) is 0 Å². The van der Waals surface area contributed by atoms with Gasteiger partial charge in [0.2, 0.25) is 0 Å². The van der Waals surface area contributed by atoms with Crippen molar-refractivity contribution in [1.82, 2.24) is 0 Å². The van der Waals surface area contributed by atoms with Crippen molar-refractivity contribution in [2.75, 3.05) is 6.61 Å². The fraction of sp³-hybridized carbons (Fsp3) is 0.250. The average molecular weight is 337 g/mol. The summed E-state index contributed by atoms with van der Waals surface area (Å²) in [6, 6.07) is 13.0. The molecule has 0 aliphatic rings. The van der Waals surface area contributed by atoms with Crippen LogP contribution in [0.4, 0.5) is 0 Å². The minimum atomic E-state index is -0.590. The summed E-state index contributed by atoms with van der Waals surface area (Å²) in [5.74, 6) is 2.07. The van der Waals surface area contributed by atoms with Crippen LogP contribution in [-0.2, 0) is 0 Å². The smallest absolute Gasteiger partial charge is 0.134 e. The maximum absolute atomic E-state index is 9.79. The highest BCUT2D eigenvalue weighted by atomic mass is 79.9. The number of hydrogen-bond donors (Lipinski definition) is 1. The van der Waals surface area contributed by atoms with Crippen molar-refractivity contribution < 1.29 is 14.6 Å². The Bertz CT molecular complexity index is 582. The first-order valence-corrected chi connectivity index (χ1v) is 7.27. The van der Waals surface area contributed by atoms with Crippen LogP contribution in [-0.4, -0.2) is 11.7 Å². The summed E-state index contributed by atoms with van der Waals surface area (Å²) in [6.07, 6.45) is -0.590. The lowest BCUT2D eigenvalue weighted by Crippen LogP contribution is -1.97. The lowest BCUT2D eigenvalue weighted by molar-refractivity contribution is 0.195. The molecular weight excluding hydrogens is 320 g/mol. The predicted octanol–water partition coefficient (Wildman–Crippen LogP) is 4.69. The minimum absolute atomic E-state index is 0.590. The molecule has 0 radical (unpaired) electrons. The summed E-state index contributed by atoms with van der Waals surface area (Å²) >= 11 is 3.41. The SMILES string of the molecule is CCOc1cccc(Oc2cc(Br)ccc2C(C)O)c1. The van der Waals surface area contributed by atoms with E-state index in [-0.39, 0.29) is 0 Å². The third-order valence-electron chi connectivity index (χ3n) is 2.77. The first-order chi connectivity index (χ1) is 9.60. The van der Waals surface area contributed by atoms with Gasteiger partial charge in [0.05, 0.1) is 12.7 Å². The number of ether oxygens (including phenoxy) is 2. The average Bonchev–Trinajstić information content (AvgIpc) is 2.39. The third-order valence-corrected chi connectivity index (χ3v) is 3.26. The third kappa shape index (κ3) is 3.74. The quantitative estimate of drug-likeness (QED) is 0.860. The minimum Gasteiger partial charge on any atom is -0.494 e. The van der Waals surface area contributed by atoms with Crippen molar-refractivity contribution >= 4 is 15.9 Å². The van der Waals surface area contributed by atoms with Crippen LogP contribution in [0.1, 0.15) is 25.5 Å².